The van der Waals surface area contributed by atoms with Gasteiger partial charge >= 0.3 is 0 Å². The minimum absolute atomic E-state index is 0.0593. The Morgan fingerprint density at radius 3 is 2.68 bits per heavy atom. The van der Waals surface area contributed by atoms with Gasteiger partial charge in [0, 0.05) is 23.6 Å². The lowest BCUT2D eigenvalue weighted by atomic mass is 10.1. The highest BCUT2D eigenvalue weighted by Crippen LogP contribution is 2.39. The van der Waals surface area contributed by atoms with E-state index in [-0.39, 0.29) is 30.6 Å². The molecule has 5 unspecified atom stereocenters. The summed E-state index contributed by atoms with van der Waals surface area (Å²) >= 11 is 1.88. The van der Waals surface area contributed by atoms with Crippen molar-refractivity contribution in [2.45, 2.75) is 42.7 Å². The van der Waals surface area contributed by atoms with Crippen molar-refractivity contribution >= 4 is 21.9 Å². The van der Waals surface area contributed by atoms with Crippen LogP contribution >= 0.6 is 11.8 Å². The molecule has 0 spiro atoms. The summed E-state index contributed by atoms with van der Waals surface area (Å²) < 4.78 is 41.6. The maximum absolute atomic E-state index is 10.6. The van der Waals surface area contributed by atoms with E-state index in [0.29, 0.717) is 23.7 Å². The lowest BCUT2D eigenvalue weighted by molar-refractivity contribution is -0.170. The van der Waals surface area contributed by atoms with Gasteiger partial charge in [-0.1, -0.05) is 13.8 Å². The van der Waals surface area contributed by atoms with Crippen LogP contribution in [-0.2, 0) is 19.6 Å². The van der Waals surface area contributed by atoms with Crippen LogP contribution in [-0.4, -0.2) is 67.2 Å². The molecule has 2 aliphatic rings. The molecular formula is C11H21NO5S2. The fourth-order valence-electron chi connectivity index (χ4n) is 2.50. The van der Waals surface area contributed by atoms with Gasteiger partial charge < -0.3 is 14.8 Å². The minimum Gasteiger partial charge on any atom is -0.372 e. The maximum Gasteiger partial charge on any atom is 0.266 e. The third kappa shape index (κ3) is 4.30. The van der Waals surface area contributed by atoms with Crippen molar-refractivity contribution < 1.29 is 22.4 Å². The van der Waals surface area contributed by atoms with Crippen molar-refractivity contribution in [2.75, 3.05) is 25.4 Å². The number of hydrogen-bond donors (Lipinski definition) is 2. The molecule has 2 heterocycles. The van der Waals surface area contributed by atoms with Crippen LogP contribution in [0.2, 0.25) is 0 Å². The van der Waals surface area contributed by atoms with Crippen LogP contribution in [0.25, 0.3) is 0 Å². The van der Waals surface area contributed by atoms with Crippen molar-refractivity contribution in [3.05, 3.63) is 0 Å². The zero-order chi connectivity index (χ0) is 14.0. The molecule has 19 heavy (non-hydrogen) atoms. The highest BCUT2D eigenvalue weighted by molar-refractivity contribution is 8.00. The first-order valence-corrected chi connectivity index (χ1v) is 9.00. The summed E-state index contributed by atoms with van der Waals surface area (Å²) in [6.07, 6.45) is 0.215. The number of nitrogens with one attached hydrogen (secondary N) is 1. The van der Waals surface area contributed by atoms with E-state index in [1.54, 1.807) is 0 Å². The van der Waals surface area contributed by atoms with E-state index in [1.807, 2.05) is 11.8 Å². The second-order valence-electron chi connectivity index (χ2n) is 5.06. The van der Waals surface area contributed by atoms with Gasteiger partial charge in [-0.15, -0.1) is 0 Å². The van der Waals surface area contributed by atoms with Crippen LogP contribution < -0.4 is 5.32 Å². The van der Waals surface area contributed by atoms with Gasteiger partial charge in [-0.2, -0.15) is 20.2 Å². The summed E-state index contributed by atoms with van der Waals surface area (Å²) in [5.74, 6) is -0.282. The van der Waals surface area contributed by atoms with Gasteiger partial charge in [0.2, 0.25) is 0 Å². The van der Waals surface area contributed by atoms with Crippen LogP contribution in [0, 0.1) is 0 Å². The molecule has 2 N–H and O–H groups in total. The SMILES string of the molecule is CC1SC(C)C2OC(CNCCS(=O)(=O)O)COC12. The summed E-state index contributed by atoms with van der Waals surface area (Å²) in [7, 11) is -3.90. The van der Waals surface area contributed by atoms with Crippen LogP contribution in [0.1, 0.15) is 13.8 Å². The summed E-state index contributed by atoms with van der Waals surface area (Å²) in [5.41, 5.74) is 0. The van der Waals surface area contributed by atoms with Crippen LogP contribution in [0.15, 0.2) is 0 Å². The number of rotatable bonds is 5. The molecule has 112 valence electrons. The third-order valence-corrected chi connectivity index (χ3v) is 5.53. The molecular weight excluding hydrogens is 290 g/mol. The molecule has 5 atom stereocenters. The molecule has 0 aromatic heterocycles. The molecule has 2 aliphatic heterocycles. The zero-order valence-corrected chi connectivity index (χ0v) is 12.7. The minimum atomic E-state index is -3.90. The van der Waals surface area contributed by atoms with E-state index < -0.39 is 10.1 Å². The van der Waals surface area contributed by atoms with Gasteiger partial charge in [0.1, 0.15) is 0 Å². The molecule has 0 bridgehead atoms. The van der Waals surface area contributed by atoms with E-state index in [2.05, 4.69) is 19.2 Å². The molecule has 2 saturated heterocycles. The molecule has 0 saturated carbocycles. The molecule has 2 fully saturated rings. The zero-order valence-electron chi connectivity index (χ0n) is 11.1. The first-order chi connectivity index (χ1) is 8.87. The molecule has 8 heteroatoms. The van der Waals surface area contributed by atoms with Crippen LogP contribution in [0.4, 0.5) is 0 Å². The number of hydrogen-bond acceptors (Lipinski definition) is 6. The molecule has 2 rings (SSSR count). The Bertz CT molecular complexity index is 402. The molecule has 0 radical (unpaired) electrons. The van der Waals surface area contributed by atoms with Crippen molar-refractivity contribution in [3.8, 4) is 0 Å². The van der Waals surface area contributed by atoms with E-state index in [0.717, 1.165) is 0 Å². The van der Waals surface area contributed by atoms with Gasteiger partial charge in [-0.05, 0) is 0 Å². The largest absolute Gasteiger partial charge is 0.372 e. The normalized spacial score (nSPS) is 39.2. The monoisotopic (exact) mass is 311 g/mol. The highest BCUT2D eigenvalue weighted by Gasteiger charge is 2.45. The molecule has 6 nitrogen and oxygen atoms in total. The number of fused-ring (bicyclic) bond motifs is 1. The predicted molar refractivity (Wildman–Crippen MR) is 74.2 cm³/mol. The second-order valence-corrected chi connectivity index (χ2v) is 8.39. The lowest BCUT2D eigenvalue weighted by Gasteiger charge is -2.35. The van der Waals surface area contributed by atoms with Gasteiger partial charge in [0.05, 0.1) is 30.7 Å². The standard InChI is InChI=1S/C11H21NO5S2/c1-7-10-11(8(2)18-7)17-9(6-16-10)5-12-3-4-19(13,14)15/h7-12H,3-6H2,1-2H3,(H,13,14,15). The molecule has 0 amide bonds. The van der Waals surface area contributed by atoms with Crippen LogP contribution in [0.5, 0.6) is 0 Å². The van der Waals surface area contributed by atoms with E-state index in [1.165, 1.54) is 0 Å². The fourth-order valence-corrected chi connectivity index (χ4v) is 4.34. The molecule has 0 aliphatic carbocycles. The Morgan fingerprint density at radius 2 is 2.00 bits per heavy atom. The highest BCUT2D eigenvalue weighted by atomic mass is 32.2. The van der Waals surface area contributed by atoms with Gasteiger partial charge in [-0.25, -0.2) is 0 Å². The average molecular weight is 311 g/mol. The topological polar surface area (TPSA) is 84.9 Å². The Morgan fingerprint density at radius 1 is 1.32 bits per heavy atom. The predicted octanol–water partition coefficient (Wildman–Crippen LogP) is 0.140. The summed E-state index contributed by atoms with van der Waals surface area (Å²) in [5, 5.41) is 3.84. The smallest absolute Gasteiger partial charge is 0.266 e. The molecule has 0 aromatic rings. The lowest BCUT2D eigenvalue weighted by Crippen LogP contribution is -2.49. The quantitative estimate of drug-likeness (QED) is 0.552. The fraction of sp³-hybridized carbons (Fsp3) is 1.00. The second kappa shape index (κ2) is 6.28. The van der Waals surface area contributed by atoms with Gasteiger partial charge in [-0.3, -0.25) is 4.55 Å². The first-order valence-electron chi connectivity index (χ1n) is 6.45. The molecule has 0 aromatic carbocycles. The Labute approximate surface area is 118 Å². The van der Waals surface area contributed by atoms with Crippen molar-refractivity contribution in [3.63, 3.8) is 0 Å². The Hall–Kier alpha value is 0.140. The Balaban J connectivity index is 1.72. The Kier molecular flexibility index (Phi) is 5.13. The average Bonchev–Trinajstić information content (AvgIpc) is 2.59. The van der Waals surface area contributed by atoms with Crippen LogP contribution in [0.3, 0.4) is 0 Å². The number of ether oxygens (including phenoxy) is 2. The van der Waals surface area contributed by atoms with Gasteiger partial charge in [0.25, 0.3) is 10.1 Å². The first kappa shape index (κ1) is 15.5. The van der Waals surface area contributed by atoms with E-state index in [4.69, 9.17) is 14.0 Å². The van der Waals surface area contributed by atoms with Crippen molar-refractivity contribution in [2.24, 2.45) is 0 Å². The third-order valence-electron chi connectivity index (χ3n) is 3.41. The van der Waals surface area contributed by atoms with Crippen molar-refractivity contribution in [1.29, 1.82) is 0 Å². The van der Waals surface area contributed by atoms with E-state index >= 15 is 0 Å². The van der Waals surface area contributed by atoms with E-state index in [9.17, 15) is 8.42 Å². The van der Waals surface area contributed by atoms with Crippen molar-refractivity contribution in [1.82, 2.24) is 5.32 Å². The van der Waals surface area contributed by atoms with Gasteiger partial charge in [0.15, 0.2) is 0 Å². The maximum atomic E-state index is 10.6. The summed E-state index contributed by atoms with van der Waals surface area (Å²) in [6.45, 7) is 5.57. The summed E-state index contributed by atoms with van der Waals surface area (Å²) in [6, 6.07) is 0. The number of thioether (sulfide) groups is 1. The summed E-state index contributed by atoms with van der Waals surface area (Å²) in [4.78, 5) is 0.